The van der Waals surface area contributed by atoms with Crippen molar-refractivity contribution >= 4 is 34.0 Å². The summed E-state index contributed by atoms with van der Waals surface area (Å²) in [5, 5.41) is -5.94. The quantitative estimate of drug-likeness (QED) is 0.0664. The van der Waals surface area contributed by atoms with Gasteiger partial charge in [0.1, 0.15) is 18.3 Å². The average Bonchev–Trinajstić information content (AvgIpc) is 3.59. The Morgan fingerprint density at radius 3 is 1.69 bits per heavy atom. The molecule has 2 unspecified atom stereocenters. The lowest BCUT2D eigenvalue weighted by molar-refractivity contribution is -0.597. The first-order valence-corrected chi connectivity index (χ1v) is 28.0. The molecule has 6 rings (SSSR count). The molecule has 0 radical (unpaired) electrons. The van der Waals surface area contributed by atoms with Crippen LogP contribution >= 0.6 is 0 Å². The van der Waals surface area contributed by atoms with Crippen molar-refractivity contribution in [2.75, 3.05) is 0 Å². The molecule has 4 fully saturated rings. The van der Waals surface area contributed by atoms with Crippen molar-refractivity contribution < 1.29 is 94.3 Å². The topological polar surface area (TPSA) is 162 Å². The van der Waals surface area contributed by atoms with Crippen molar-refractivity contribution in [2.45, 2.75) is 188 Å². The van der Waals surface area contributed by atoms with E-state index in [-0.39, 0.29) is 85.5 Å². The van der Waals surface area contributed by atoms with Crippen LogP contribution in [0.25, 0.3) is 0 Å². The fourth-order valence-electron chi connectivity index (χ4n) is 12.5. The average molecular weight is 1140 g/mol. The monoisotopic (exact) mass is 1140 g/mol. The Balaban J connectivity index is 0.000000370. The van der Waals surface area contributed by atoms with Gasteiger partial charge in [-0.25, -0.2) is 8.42 Å². The van der Waals surface area contributed by atoms with Crippen molar-refractivity contribution in [3.63, 3.8) is 0 Å². The van der Waals surface area contributed by atoms with Crippen LogP contribution in [0.3, 0.4) is 0 Å². The summed E-state index contributed by atoms with van der Waals surface area (Å²) in [7, 11) is -6.83. The van der Waals surface area contributed by atoms with Gasteiger partial charge in [0, 0.05) is 38.5 Å². The minimum atomic E-state index is -6.83. The van der Waals surface area contributed by atoms with Gasteiger partial charge < -0.3 is 23.5 Å². The van der Waals surface area contributed by atoms with Gasteiger partial charge in [-0.3, -0.25) is 19.2 Å². The van der Waals surface area contributed by atoms with Crippen LogP contribution in [0.4, 0.5) is 22.0 Å². The standard InChI is InChI=1S/C33H47F5O11S.C20H26I/c1-16(7-10-27(42)49-29(32(34,35)36)33(37,38)50(43,44)45)22-8-9-23-28-24(15-26(31(22,23)6)48-19(4)41)30(5)12-11-21(46-17(2)39)13-20(30)14-25(28)47-18(3)40;1-19(2,3)15-7-11-17(12-8-15)21-18-13-9-16(10-14-18)20(4,5)6/h16,20-26,28-29H,7-15H2,1-6H3,(H,43,44,45);7-14H,1-6H3/q;+1/p-1/t16?,20-,21+,22+,23-,24-,25+,26-,28-,29?,30-,31+;/m0./s1. The fourth-order valence-corrected chi connectivity index (χ4v) is 15.1. The number of carbonyl (C=O) groups is 4. The molecule has 0 spiro atoms. The summed E-state index contributed by atoms with van der Waals surface area (Å²) in [6.45, 7) is 23.5. The smallest absolute Gasteiger partial charge is 0.432 e. The maximum atomic E-state index is 13.9. The van der Waals surface area contributed by atoms with Gasteiger partial charge in [0.15, 0.2) is 17.3 Å². The third-order valence-electron chi connectivity index (χ3n) is 16.0. The van der Waals surface area contributed by atoms with Gasteiger partial charge in [0.2, 0.25) is 0 Å². The molecule has 2 aromatic rings. The highest BCUT2D eigenvalue weighted by atomic mass is 127. The normalized spacial score (nSPS) is 29.7. The molecule has 398 valence electrons. The summed E-state index contributed by atoms with van der Waals surface area (Å²) in [5.41, 5.74) is 2.30. The molecule has 0 heterocycles. The predicted molar refractivity (Wildman–Crippen MR) is 249 cm³/mol. The van der Waals surface area contributed by atoms with Crippen molar-refractivity contribution in [1.82, 2.24) is 0 Å². The van der Waals surface area contributed by atoms with Crippen LogP contribution in [0, 0.1) is 53.5 Å². The molecular weight excluding hydrogens is 1070 g/mol. The fraction of sp³-hybridized carbons (Fsp3) is 0.698. The number of benzene rings is 2. The molecule has 2 aromatic carbocycles. The summed E-state index contributed by atoms with van der Waals surface area (Å²) in [6, 6.07) is 18.4. The lowest BCUT2D eigenvalue weighted by Gasteiger charge is -2.64. The number of fused-ring (bicyclic) bond motifs is 5. The summed E-state index contributed by atoms with van der Waals surface area (Å²) in [6.07, 6.45) is -8.73. The van der Waals surface area contributed by atoms with Gasteiger partial charge in [-0.2, -0.15) is 22.0 Å². The van der Waals surface area contributed by atoms with Crippen LogP contribution in [0.5, 0.6) is 0 Å². The van der Waals surface area contributed by atoms with Gasteiger partial charge in [0.25, 0.3) is 6.10 Å². The maximum Gasteiger partial charge on any atom is 0.432 e. The molecule has 4 saturated carbocycles. The van der Waals surface area contributed by atoms with Crippen molar-refractivity contribution in [2.24, 2.45) is 46.3 Å². The van der Waals surface area contributed by atoms with E-state index in [1.165, 1.54) is 39.0 Å². The zero-order chi connectivity index (χ0) is 53.4. The Bertz CT molecular complexity index is 2270. The van der Waals surface area contributed by atoms with Crippen LogP contribution in [-0.4, -0.2) is 72.7 Å². The van der Waals surface area contributed by atoms with Crippen LogP contribution in [0.15, 0.2) is 48.5 Å². The minimum Gasteiger partial charge on any atom is -0.743 e. The third-order valence-corrected chi connectivity index (χ3v) is 19.6. The Morgan fingerprint density at radius 2 is 1.24 bits per heavy atom. The predicted octanol–water partition coefficient (Wildman–Crippen LogP) is 8.10. The number of alkyl halides is 5. The van der Waals surface area contributed by atoms with Gasteiger partial charge >= 0.3 is 56.5 Å². The highest BCUT2D eigenvalue weighted by Gasteiger charge is 2.68. The first-order valence-electron chi connectivity index (χ1n) is 24.5. The molecule has 0 aliphatic heterocycles. The molecule has 11 nitrogen and oxygen atoms in total. The SMILES string of the molecule is CC(=O)O[C@@H]1CC[C@@]2(C)[C@@H](C1)C[C@@H](OC(C)=O)[C@@H]1[C@@H]2C[C@H](OC(C)=O)[C@]2(C)[C@@H](C(C)CCC(=O)OC(C(F)(F)F)C(F)(F)S(=O)(=O)[O-])CC[C@@H]12.CC(C)(C)c1ccc([I+]c2ccc(C(C)(C)C)cc2)cc1. The number of halogens is 6. The number of rotatable bonds is 12. The molecular formula is C53H72F5IO11S. The van der Waals surface area contributed by atoms with E-state index < -0.39 is 75.5 Å². The van der Waals surface area contributed by atoms with Gasteiger partial charge in [-0.15, -0.1) is 0 Å². The van der Waals surface area contributed by atoms with Crippen LogP contribution in [-0.2, 0) is 59.1 Å². The lowest BCUT2D eigenvalue weighted by atomic mass is 9.43. The van der Waals surface area contributed by atoms with E-state index in [2.05, 4.69) is 102 Å². The molecule has 0 saturated heterocycles. The Morgan fingerprint density at radius 1 is 0.732 bits per heavy atom. The second kappa shape index (κ2) is 21.8. The van der Waals surface area contributed by atoms with Gasteiger partial charge in [-0.1, -0.05) is 86.6 Å². The molecule has 0 N–H and O–H groups in total. The molecule has 4 aliphatic carbocycles. The molecule has 0 aromatic heterocycles. The summed E-state index contributed by atoms with van der Waals surface area (Å²) < 4.78 is 125. The van der Waals surface area contributed by atoms with Crippen LogP contribution in [0.2, 0.25) is 0 Å². The number of hydrogen-bond donors (Lipinski definition) is 0. The minimum absolute atomic E-state index is 0.0418. The van der Waals surface area contributed by atoms with E-state index >= 15 is 0 Å². The second-order valence-corrected chi connectivity index (χ2v) is 27.3. The Hall–Kier alpha value is -3.39. The first kappa shape index (κ1) is 58.5. The van der Waals surface area contributed by atoms with E-state index in [9.17, 15) is 54.1 Å². The number of ether oxygens (including phenoxy) is 4. The summed E-state index contributed by atoms with van der Waals surface area (Å²) in [4.78, 5) is 49.2. The third kappa shape index (κ3) is 13.5. The van der Waals surface area contributed by atoms with E-state index in [1.807, 2.05) is 6.92 Å². The van der Waals surface area contributed by atoms with E-state index in [0.717, 1.165) is 6.42 Å². The zero-order valence-electron chi connectivity index (χ0n) is 42.9. The van der Waals surface area contributed by atoms with E-state index in [1.54, 1.807) is 6.92 Å². The number of hydrogen-bond acceptors (Lipinski definition) is 11. The zero-order valence-corrected chi connectivity index (χ0v) is 45.9. The van der Waals surface area contributed by atoms with Crippen molar-refractivity contribution in [3.05, 3.63) is 66.8 Å². The van der Waals surface area contributed by atoms with Crippen molar-refractivity contribution in [3.8, 4) is 0 Å². The summed E-state index contributed by atoms with van der Waals surface area (Å²) >= 11 is -0.0703. The molecule has 18 heteroatoms. The molecule has 12 atom stereocenters. The molecule has 0 amide bonds. The highest BCUT2D eigenvalue weighted by Crippen LogP contribution is 2.69. The number of esters is 4. The van der Waals surface area contributed by atoms with Gasteiger partial charge in [-0.05, 0) is 133 Å². The Labute approximate surface area is 426 Å². The highest BCUT2D eigenvalue weighted by molar-refractivity contribution is 7.86. The van der Waals surface area contributed by atoms with E-state index in [0.29, 0.717) is 38.5 Å². The lowest BCUT2D eigenvalue weighted by Crippen LogP contribution is -3.61. The molecule has 4 aliphatic rings. The maximum absolute atomic E-state index is 13.9. The van der Waals surface area contributed by atoms with Crippen LogP contribution in [0.1, 0.15) is 152 Å². The molecule has 71 heavy (non-hydrogen) atoms. The first-order chi connectivity index (χ1) is 32.5. The van der Waals surface area contributed by atoms with Gasteiger partial charge in [0.05, 0.1) is 0 Å². The summed E-state index contributed by atoms with van der Waals surface area (Å²) in [5.74, 6) is -4.13. The number of carbonyl (C=O) groups excluding carboxylic acids is 4. The second-order valence-electron chi connectivity index (χ2n) is 22.8. The van der Waals surface area contributed by atoms with Crippen LogP contribution < -0.4 is 21.2 Å². The Kier molecular flexibility index (Phi) is 18.0. The van der Waals surface area contributed by atoms with Crippen molar-refractivity contribution in [1.29, 1.82) is 0 Å². The largest absolute Gasteiger partial charge is 0.743 e. The van der Waals surface area contributed by atoms with E-state index in [4.69, 9.17) is 14.2 Å². The molecule has 0 bridgehead atoms.